The fourth-order valence-electron chi connectivity index (χ4n) is 2.86. The molecule has 2 N–H and O–H groups in total. The maximum atomic E-state index is 11.5. The predicted octanol–water partition coefficient (Wildman–Crippen LogP) is 5.70. The zero-order chi connectivity index (χ0) is 18.1. The molecule has 0 saturated heterocycles. The van der Waals surface area contributed by atoms with E-state index in [0.717, 1.165) is 26.8 Å². The summed E-state index contributed by atoms with van der Waals surface area (Å²) in [5.74, 6) is -0.978. The Morgan fingerprint density at radius 2 is 1.85 bits per heavy atom. The molecular weight excluding hydrogens is 396 g/mol. The molecule has 6 heteroatoms. The van der Waals surface area contributed by atoms with E-state index in [4.69, 9.17) is 4.42 Å². The van der Waals surface area contributed by atoms with Gasteiger partial charge in [0.1, 0.15) is 5.52 Å². The van der Waals surface area contributed by atoms with Gasteiger partial charge in [-0.1, -0.05) is 40.2 Å². The van der Waals surface area contributed by atoms with E-state index < -0.39 is 5.97 Å². The Hall–Kier alpha value is -3.12. The van der Waals surface area contributed by atoms with Gasteiger partial charge < -0.3 is 14.8 Å². The number of fused-ring (bicyclic) bond motifs is 1. The summed E-state index contributed by atoms with van der Waals surface area (Å²) in [5.41, 5.74) is 4.86. The largest absolute Gasteiger partial charge is 0.478 e. The molecule has 0 saturated carbocycles. The Bertz CT molecular complexity index is 1120. The predicted molar refractivity (Wildman–Crippen MR) is 104 cm³/mol. The number of carboxylic acids is 1. The van der Waals surface area contributed by atoms with Crippen molar-refractivity contribution in [3.05, 3.63) is 77.1 Å². The Balaban J connectivity index is 1.83. The average molecular weight is 409 g/mol. The summed E-state index contributed by atoms with van der Waals surface area (Å²) in [4.78, 5) is 15.7. The molecule has 0 unspecified atom stereocenters. The molecule has 26 heavy (non-hydrogen) atoms. The van der Waals surface area contributed by atoms with Crippen molar-refractivity contribution in [2.75, 3.05) is 5.32 Å². The van der Waals surface area contributed by atoms with Crippen molar-refractivity contribution in [3.63, 3.8) is 0 Å². The molecule has 0 fully saturated rings. The summed E-state index contributed by atoms with van der Waals surface area (Å²) in [5, 5.41) is 12.7. The van der Waals surface area contributed by atoms with Gasteiger partial charge in [-0.3, -0.25) is 0 Å². The van der Waals surface area contributed by atoms with Crippen LogP contribution in [0, 0.1) is 0 Å². The van der Waals surface area contributed by atoms with Crippen molar-refractivity contribution in [2.45, 2.75) is 0 Å². The van der Waals surface area contributed by atoms with Crippen LogP contribution in [0.2, 0.25) is 0 Å². The quantitative estimate of drug-likeness (QED) is 0.452. The number of carboxylic acid groups (broad SMARTS) is 1. The van der Waals surface area contributed by atoms with Crippen molar-refractivity contribution in [3.8, 4) is 11.1 Å². The van der Waals surface area contributed by atoms with Gasteiger partial charge >= 0.3 is 5.97 Å². The number of benzene rings is 3. The molecule has 3 aromatic carbocycles. The molecule has 0 aliphatic carbocycles. The monoisotopic (exact) mass is 408 g/mol. The zero-order valence-corrected chi connectivity index (χ0v) is 15.0. The molecule has 0 atom stereocenters. The summed E-state index contributed by atoms with van der Waals surface area (Å²) >= 11 is 3.60. The van der Waals surface area contributed by atoms with E-state index in [1.165, 1.54) is 6.39 Å². The topological polar surface area (TPSA) is 75.4 Å². The molecule has 1 heterocycles. The van der Waals surface area contributed by atoms with Gasteiger partial charge in [0, 0.05) is 15.7 Å². The average Bonchev–Trinajstić information content (AvgIpc) is 3.10. The van der Waals surface area contributed by atoms with Crippen LogP contribution in [-0.4, -0.2) is 16.1 Å². The highest BCUT2D eigenvalue weighted by atomic mass is 79.9. The summed E-state index contributed by atoms with van der Waals surface area (Å²) in [6, 6.07) is 18.3. The van der Waals surface area contributed by atoms with Crippen LogP contribution in [0.15, 0.2) is 75.9 Å². The van der Waals surface area contributed by atoms with Gasteiger partial charge in [0.05, 0.1) is 11.3 Å². The summed E-state index contributed by atoms with van der Waals surface area (Å²) in [7, 11) is 0. The lowest BCUT2D eigenvalue weighted by atomic mass is 10.0. The van der Waals surface area contributed by atoms with E-state index >= 15 is 0 Å². The van der Waals surface area contributed by atoms with Crippen molar-refractivity contribution >= 4 is 44.4 Å². The summed E-state index contributed by atoms with van der Waals surface area (Å²) in [6.07, 6.45) is 1.41. The molecule has 0 bridgehead atoms. The number of nitrogens with zero attached hydrogens (tertiary/aromatic N) is 1. The first-order valence-corrected chi connectivity index (χ1v) is 8.64. The van der Waals surface area contributed by atoms with E-state index in [1.807, 2.05) is 36.4 Å². The van der Waals surface area contributed by atoms with Crippen molar-refractivity contribution in [1.29, 1.82) is 0 Å². The smallest absolute Gasteiger partial charge is 0.337 e. The number of aromatic carboxylic acids is 1. The second kappa shape index (κ2) is 6.65. The fraction of sp³-hybridized carbons (Fsp3) is 0. The Morgan fingerprint density at radius 3 is 2.69 bits per heavy atom. The Morgan fingerprint density at radius 1 is 1.04 bits per heavy atom. The Kier molecular flexibility index (Phi) is 4.18. The number of nitrogens with one attached hydrogen (secondary N) is 1. The molecule has 0 radical (unpaired) electrons. The zero-order valence-electron chi connectivity index (χ0n) is 13.4. The van der Waals surface area contributed by atoms with Crippen LogP contribution >= 0.6 is 15.9 Å². The van der Waals surface area contributed by atoms with Crippen LogP contribution in [0.3, 0.4) is 0 Å². The highest BCUT2D eigenvalue weighted by Gasteiger charge is 2.14. The molecular formula is C20H13BrN2O3. The standard InChI is InChI=1S/C20H13BrN2O3/c21-14-5-3-7-16(23-15-6-2-1-4-13(15)20(24)25)19(14)12-8-9-18-17(10-12)22-11-26-18/h1-11,23H,(H,24,25). The molecule has 128 valence electrons. The van der Waals surface area contributed by atoms with E-state index in [-0.39, 0.29) is 5.56 Å². The second-order valence-electron chi connectivity index (χ2n) is 5.67. The number of oxazole rings is 1. The molecule has 0 spiro atoms. The first-order chi connectivity index (χ1) is 12.6. The van der Waals surface area contributed by atoms with Crippen LogP contribution < -0.4 is 5.32 Å². The van der Waals surface area contributed by atoms with Gasteiger partial charge in [-0.05, 0) is 42.0 Å². The van der Waals surface area contributed by atoms with Crippen molar-refractivity contribution in [2.24, 2.45) is 0 Å². The lowest BCUT2D eigenvalue weighted by Gasteiger charge is -2.15. The molecule has 5 nitrogen and oxygen atoms in total. The van der Waals surface area contributed by atoms with Crippen LogP contribution in [0.1, 0.15) is 10.4 Å². The van der Waals surface area contributed by atoms with Crippen LogP contribution in [0.5, 0.6) is 0 Å². The lowest BCUT2D eigenvalue weighted by Crippen LogP contribution is -2.03. The van der Waals surface area contributed by atoms with Crippen molar-refractivity contribution < 1.29 is 14.3 Å². The summed E-state index contributed by atoms with van der Waals surface area (Å²) < 4.78 is 6.19. The Labute approximate surface area is 157 Å². The van der Waals surface area contributed by atoms with Gasteiger partial charge in [0.2, 0.25) is 0 Å². The normalized spacial score (nSPS) is 10.8. The third-order valence-corrected chi connectivity index (χ3v) is 4.72. The van der Waals surface area contributed by atoms with E-state index in [1.54, 1.807) is 24.3 Å². The molecule has 0 aliphatic heterocycles. The van der Waals surface area contributed by atoms with Gasteiger partial charge in [0.15, 0.2) is 12.0 Å². The van der Waals surface area contributed by atoms with Crippen molar-refractivity contribution in [1.82, 2.24) is 4.98 Å². The maximum absolute atomic E-state index is 11.5. The molecule has 4 rings (SSSR count). The van der Waals surface area contributed by atoms with E-state index in [0.29, 0.717) is 11.3 Å². The third kappa shape index (κ3) is 2.95. The SMILES string of the molecule is O=C(O)c1ccccc1Nc1cccc(Br)c1-c1ccc2ocnc2c1. The van der Waals surface area contributed by atoms with E-state index in [9.17, 15) is 9.90 Å². The number of rotatable bonds is 4. The first-order valence-electron chi connectivity index (χ1n) is 7.85. The maximum Gasteiger partial charge on any atom is 0.337 e. The number of carbonyl (C=O) groups is 1. The minimum absolute atomic E-state index is 0.213. The first kappa shape index (κ1) is 16.4. The van der Waals surface area contributed by atoms with Gasteiger partial charge in [-0.2, -0.15) is 0 Å². The third-order valence-electron chi connectivity index (χ3n) is 4.06. The van der Waals surface area contributed by atoms with Gasteiger partial charge in [-0.25, -0.2) is 9.78 Å². The number of hydrogen-bond donors (Lipinski definition) is 2. The molecule has 0 aliphatic rings. The minimum atomic E-state index is -0.978. The summed E-state index contributed by atoms with van der Waals surface area (Å²) in [6.45, 7) is 0. The minimum Gasteiger partial charge on any atom is -0.478 e. The molecule has 1 aromatic heterocycles. The van der Waals surface area contributed by atoms with Crippen LogP contribution in [0.25, 0.3) is 22.2 Å². The van der Waals surface area contributed by atoms with Crippen LogP contribution in [-0.2, 0) is 0 Å². The number of halogens is 1. The highest BCUT2D eigenvalue weighted by molar-refractivity contribution is 9.10. The number of hydrogen-bond acceptors (Lipinski definition) is 4. The second-order valence-corrected chi connectivity index (χ2v) is 6.53. The lowest BCUT2D eigenvalue weighted by molar-refractivity contribution is 0.0698. The number of para-hydroxylation sites is 1. The molecule has 4 aromatic rings. The number of anilines is 2. The molecule has 0 amide bonds. The highest BCUT2D eigenvalue weighted by Crippen LogP contribution is 2.38. The van der Waals surface area contributed by atoms with Gasteiger partial charge in [0.25, 0.3) is 0 Å². The van der Waals surface area contributed by atoms with Crippen LogP contribution in [0.4, 0.5) is 11.4 Å². The van der Waals surface area contributed by atoms with E-state index in [2.05, 4.69) is 26.2 Å². The number of aromatic nitrogens is 1. The van der Waals surface area contributed by atoms with Gasteiger partial charge in [-0.15, -0.1) is 0 Å². The fourth-order valence-corrected chi connectivity index (χ4v) is 3.45.